The fourth-order valence-corrected chi connectivity index (χ4v) is 3.87. The molecule has 1 aliphatic heterocycles. The highest BCUT2D eigenvalue weighted by molar-refractivity contribution is 6.00. The van der Waals surface area contributed by atoms with Crippen LogP contribution in [0.3, 0.4) is 0 Å². The number of hydrogen-bond acceptors (Lipinski definition) is 9. The highest BCUT2D eigenvalue weighted by Crippen LogP contribution is 2.28. The molecule has 5 atom stereocenters. The Morgan fingerprint density at radius 1 is 1.14 bits per heavy atom. The molecule has 1 aromatic rings. The van der Waals surface area contributed by atoms with Gasteiger partial charge < -0.3 is 30.4 Å². The van der Waals surface area contributed by atoms with Gasteiger partial charge in [-0.1, -0.05) is 39.7 Å². The van der Waals surface area contributed by atoms with Crippen molar-refractivity contribution >= 4 is 29.5 Å². The molecule has 1 aliphatic rings. The largest absolute Gasteiger partial charge is 0.505 e. The number of unbranched alkanes of at least 4 members (excludes halogenated alkanes) is 1. The van der Waals surface area contributed by atoms with Crippen molar-refractivity contribution in [2.45, 2.75) is 84.7 Å². The number of ether oxygens (including phenoxy) is 3. The first-order valence-electron chi connectivity index (χ1n) is 11.9. The molecule has 0 aromatic heterocycles. The Labute approximate surface area is 205 Å². The van der Waals surface area contributed by atoms with Gasteiger partial charge in [-0.05, 0) is 38.3 Å². The fraction of sp³-hybridized carbons (Fsp3) is 0.600. The van der Waals surface area contributed by atoms with Gasteiger partial charge in [0.1, 0.15) is 12.2 Å². The number of rotatable bonds is 8. The van der Waals surface area contributed by atoms with Crippen molar-refractivity contribution < 1.29 is 38.5 Å². The summed E-state index contributed by atoms with van der Waals surface area (Å²) >= 11 is 0. The fourth-order valence-electron chi connectivity index (χ4n) is 3.87. The van der Waals surface area contributed by atoms with Crippen LogP contribution in [0.25, 0.3) is 0 Å². The van der Waals surface area contributed by atoms with Crippen LogP contribution in [0.4, 0.5) is 5.69 Å². The van der Waals surface area contributed by atoms with Crippen LogP contribution in [-0.4, -0.2) is 53.3 Å². The SMILES string of the molecule is CCCC[C@H]1C(=O)O[C@H](C)C(NC(=O)c2cccc(N)c2O)C(=O)OC(C)[C@@H]1OC(=O)CC(C)C. The normalized spacial score (nSPS) is 25.0. The predicted molar refractivity (Wildman–Crippen MR) is 127 cm³/mol. The molecule has 1 fully saturated rings. The summed E-state index contributed by atoms with van der Waals surface area (Å²) in [5.41, 5.74) is 5.50. The molecule has 10 nitrogen and oxygen atoms in total. The topological polar surface area (TPSA) is 154 Å². The molecule has 2 unspecified atom stereocenters. The number of aromatic hydroxyl groups is 1. The van der Waals surface area contributed by atoms with Gasteiger partial charge in [-0.3, -0.25) is 14.4 Å². The highest BCUT2D eigenvalue weighted by Gasteiger charge is 2.43. The standard InChI is InChI=1S/C25H36N2O8/c1-6-7-9-17-22(35-19(28)12-13(2)3)15(5)34-25(32)20(14(4)33-24(17)31)27-23(30)16-10-8-11-18(26)21(16)29/h8,10-11,13-15,17,20,22,29H,6-7,9,12,26H2,1-5H3,(H,27,30)/t14-,15?,17-,20?,22+/m1/s1. The minimum Gasteiger partial charge on any atom is -0.505 e. The van der Waals surface area contributed by atoms with Crippen LogP contribution >= 0.6 is 0 Å². The van der Waals surface area contributed by atoms with Crippen molar-refractivity contribution in [3.63, 3.8) is 0 Å². The number of benzene rings is 1. The molecule has 0 aliphatic carbocycles. The first-order valence-corrected chi connectivity index (χ1v) is 11.9. The molecule has 4 N–H and O–H groups in total. The summed E-state index contributed by atoms with van der Waals surface area (Å²) in [5.74, 6) is -4.05. The van der Waals surface area contributed by atoms with E-state index < -0.39 is 59.8 Å². The Morgan fingerprint density at radius 2 is 1.80 bits per heavy atom. The van der Waals surface area contributed by atoms with Gasteiger partial charge in [-0.15, -0.1) is 0 Å². The monoisotopic (exact) mass is 492 g/mol. The van der Waals surface area contributed by atoms with Gasteiger partial charge in [-0.25, -0.2) is 4.79 Å². The average molecular weight is 493 g/mol. The number of nitrogen functional groups attached to an aromatic ring is 1. The van der Waals surface area contributed by atoms with Gasteiger partial charge in [0, 0.05) is 6.42 Å². The van der Waals surface area contributed by atoms with E-state index in [1.807, 2.05) is 20.8 Å². The molecule has 2 rings (SSSR count). The van der Waals surface area contributed by atoms with E-state index in [9.17, 15) is 24.3 Å². The van der Waals surface area contributed by atoms with E-state index >= 15 is 0 Å². The zero-order valence-electron chi connectivity index (χ0n) is 20.9. The molecule has 0 bridgehead atoms. The zero-order valence-corrected chi connectivity index (χ0v) is 20.9. The molecule has 0 saturated carbocycles. The van der Waals surface area contributed by atoms with Crippen molar-refractivity contribution in [3.05, 3.63) is 23.8 Å². The lowest BCUT2D eigenvalue weighted by Gasteiger charge is -2.29. The predicted octanol–water partition coefficient (Wildman–Crippen LogP) is 2.71. The number of anilines is 1. The van der Waals surface area contributed by atoms with Crippen molar-refractivity contribution in [2.24, 2.45) is 11.8 Å². The Balaban J connectivity index is 2.33. The van der Waals surface area contributed by atoms with Crippen molar-refractivity contribution in [1.29, 1.82) is 0 Å². The summed E-state index contributed by atoms with van der Waals surface area (Å²) in [6.45, 7) is 8.68. The van der Waals surface area contributed by atoms with E-state index in [1.165, 1.54) is 32.0 Å². The summed E-state index contributed by atoms with van der Waals surface area (Å²) in [7, 11) is 0. The molecule has 35 heavy (non-hydrogen) atoms. The van der Waals surface area contributed by atoms with Crippen molar-refractivity contribution in [2.75, 3.05) is 5.73 Å². The maximum atomic E-state index is 13.2. The Morgan fingerprint density at radius 3 is 2.43 bits per heavy atom. The summed E-state index contributed by atoms with van der Waals surface area (Å²) in [6, 6.07) is 2.87. The highest BCUT2D eigenvalue weighted by atomic mass is 16.6. The molecule has 0 spiro atoms. The first kappa shape index (κ1) is 27.9. The second kappa shape index (κ2) is 12.4. The second-order valence-electron chi connectivity index (χ2n) is 9.28. The minimum absolute atomic E-state index is 0.00684. The summed E-state index contributed by atoms with van der Waals surface area (Å²) in [6.07, 6.45) is -1.13. The van der Waals surface area contributed by atoms with Crippen LogP contribution in [0.2, 0.25) is 0 Å². The Kier molecular flexibility index (Phi) is 9.91. The summed E-state index contributed by atoms with van der Waals surface area (Å²) in [5, 5.41) is 12.6. The van der Waals surface area contributed by atoms with Crippen LogP contribution in [0, 0.1) is 11.8 Å². The van der Waals surface area contributed by atoms with Crippen LogP contribution in [-0.2, 0) is 28.6 Å². The number of phenols is 1. The second-order valence-corrected chi connectivity index (χ2v) is 9.28. The zero-order chi connectivity index (χ0) is 26.3. The lowest BCUT2D eigenvalue weighted by atomic mass is 9.92. The number of carbonyl (C=O) groups excluding carboxylic acids is 4. The first-order chi connectivity index (χ1) is 16.5. The molecule has 10 heteroatoms. The number of amides is 1. The van der Waals surface area contributed by atoms with E-state index in [1.54, 1.807) is 0 Å². The van der Waals surface area contributed by atoms with Crippen LogP contribution in [0.15, 0.2) is 18.2 Å². The third-order valence-corrected chi connectivity index (χ3v) is 5.80. The molecule has 1 aromatic carbocycles. The summed E-state index contributed by atoms with van der Waals surface area (Å²) in [4.78, 5) is 51.4. The smallest absolute Gasteiger partial charge is 0.332 e. The number of nitrogens with one attached hydrogen (secondary N) is 1. The van der Waals surface area contributed by atoms with E-state index in [0.717, 1.165) is 6.42 Å². The maximum Gasteiger partial charge on any atom is 0.332 e. The Hall–Kier alpha value is -3.30. The molecular formula is C25H36N2O8. The average Bonchev–Trinajstić information content (AvgIpc) is 2.79. The van der Waals surface area contributed by atoms with Gasteiger partial charge in [-0.2, -0.15) is 0 Å². The van der Waals surface area contributed by atoms with E-state index in [4.69, 9.17) is 19.9 Å². The van der Waals surface area contributed by atoms with E-state index in [2.05, 4.69) is 5.32 Å². The number of esters is 3. The molecule has 1 amide bonds. The van der Waals surface area contributed by atoms with E-state index in [-0.39, 0.29) is 23.6 Å². The molecule has 0 radical (unpaired) electrons. The number of nitrogens with two attached hydrogens (primary N) is 1. The molecule has 1 heterocycles. The van der Waals surface area contributed by atoms with Gasteiger partial charge in [0.05, 0.1) is 17.2 Å². The quantitative estimate of drug-likeness (QED) is 0.215. The van der Waals surface area contributed by atoms with Crippen molar-refractivity contribution in [3.8, 4) is 5.75 Å². The molecular weight excluding hydrogens is 456 g/mol. The van der Waals surface area contributed by atoms with Crippen molar-refractivity contribution in [1.82, 2.24) is 5.32 Å². The number of para-hydroxylation sites is 1. The minimum atomic E-state index is -1.37. The van der Waals surface area contributed by atoms with Gasteiger partial charge in [0.25, 0.3) is 5.91 Å². The third-order valence-electron chi connectivity index (χ3n) is 5.80. The van der Waals surface area contributed by atoms with Crippen LogP contribution < -0.4 is 11.1 Å². The van der Waals surface area contributed by atoms with Crippen LogP contribution in [0.5, 0.6) is 5.75 Å². The van der Waals surface area contributed by atoms with E-state index in [0.29, 0.717) is 12.8 Å². The molecule has 1 saturated heterocycles. The number of phenolic OH excluding ortho intramolecular Hbond substituents is 1. The van der Waals surface area contributed by atoms with Crippen LogP contribution in [0.1, 0.15) is 70.7 Å². The van der Waals surface area contributed by atoms with Gasteiger partial charge in [0.15, 0.2) is 17.9 Å². The lowest BCUT2D eigenvalue weighted by molar-refractivity contribution is -0.175. The van der Waals surface area contributed by atoms with Gasteiger partial charge >= 0.3 is 17.9 Å². The lowest BCUT2D eigenvalue weighted by Crippen LogP contribution is -2.50. The van der Waals surface area contributed by atoms with Gasteiger partial charge in [0.2, 0.25) is 0 Å². The summed E-state index contributed by atoms with van der Waals surface area (Å²) < 4.78 is 16.8. The Bertz CT molecular complexity index is 932. The third kappa shape index (κ3) is 7.34. The molecule has 194 valence electrons. The number of carbonyl (C=O) groups is 4. The number of cyclic esters (lactones) is 2. The maximum absolute atomic E-state index is 13.2. The number of hydrogen-bond donors (Lipinski definition) is 3.